The minimum Gasteiger partial charge on any atom is -0.494 e. The molecule has 0 atom stereocenters. The summed E-state index contributed by atoms with van der Waals surface area (Å²) in [6.07, 6.45) is 5.59. The lowest BCUT2D eigenvalue weighted by Gasteiger charge is -2.11. The molecule has 7 nitrogen and oxygen atoms in total. The van der Waals surface area contributed by atoms with Crippen LogP contribution >= 0.6 is 0 Å². The third kappa shape index (κ3) is 3.03. The predicted molar refractivity (Wildman–Crippen MR) is 91.4 cm³/mol. The molecule has 1 N–H and O–H groups in total. The summed E-state index contributed by atoms with van der Waals surface area (Å²) in [5.41, 5.74) is 4.14. The van der Waals surface area contributed by atoms with Crippen molar-refractivity contribution in [3.63, 3.8) is 0 Å². The van der Waals surface area contributed by atoms with E-state index in [0.29, 0.717) is 23.8 Å². The van der Waals surface area contributed by atoms with Gasteiger partial charge in [0.2, 0.25) is 5.65 Å². The monoisotopic (exact) mass is 327 g/mol. The molecule has 24 heavy (non-hydrogen) atoms. The largest absolute Gasteiger partial charge is 0.494 e. The second-order valence-electron chi connectivity index (χ2n) is 5.40. The van der Waals surface area contributed by atoms with Gasteiger partial charge < -0.3 is 19.2 Å². The zero-order valence-electron chi connectivity index (χ0n) is 14.3. The molecule has 3 aromatic rings. The Bertz CT molecular complexity index is 860. The zero-order chi connectivity index (χ0) is 17.1. The van der Waals surface area contributed by atoms with Gasteiger partial charge in [0.15, 0.2) is 0 Å². The number of aromatic nitrogens is 4. The van der Waals surface area contributed by atoms with Crippen molar-refractivity contribution in [3.8, 4) is 22.9 Å². The van der Waals surface area contributed by atoms with Crippen LogP contribution in [-0.4, -0.2) is 40.1 Å². The van der Waals surface area contributed by atoms with Gasteiger partial charge in [0.1, 0.15) is 5.75 Å². The molecule has 0 aliphatic heterocycles. The third-order valence-corrected chi connectivity index (χ3v) is 3.70. The van der Waals surface area contributed by atoms with E-state index in [2.05, 4.69) is 27.2 Å². The number of ether oxygens (including phenoxy) is 2. The molecule has 0 unspecified atom stereocenters. The van der Waals surface area contributed by atoms with Crippen LogP contribution in [0.25, 0.3) is 16.9 Å². The molecule has 0 radical (unpaired) electrons. The number of methoxy groups -OCH3 is 2. The molecule has 0 bridgehead atoms. The maximum atomic E-state index is 5.46. The molecule has 3 heterocycles. The fraction of sp³-hybridized carbons (Fsp3) is 0.353. The zero-order valence-corrected chi connectivity index (χ0v) is 14.3. The fourth-order valence-electron chi connectivity index (χ4n) is 2.56. The normalized spacial score (nSPS) is 11.0. The second-order valence-corrected chi connectivity index (χ2v) is 5.40. The average Bonchev–Trinajstić information content (AvgIpc) is 2.98. The Balaban J connectivity index is 2.14. The van der Waals surface area contributed by atoms with E-state index in [1.165, 1.54) is 0 Å². The molecule has 7 heteroatoms. The topological polar surface area (TPSA) is 73.6 Å². The van der Waals surface area contributed by atoms with Gasteiger partial charge in [0.25, 0.3) is 5.88 Å². The highest BCUT2D eigenvalue weighted by molar-refractivity contribution is 5.69. The van der Waals surface area contributed by atoms with Gasteiger partial charge in [-0.05, 0) is 19.5 Å². The lowest BCUT2D eigenvalue weighted by atomic mass is 10.1. The number of pyridine rings is 1. The van der Waals surface area contributed by atoms with Gasteiger partial charge in [-0.15, -0.1) is 0 Å². The van der Waals surface area contributed by atoms with E-state index in [0.717, 1.165) is 29.2 Å². The van der Waals surface area contributed by atoms with E-state index in [1.807, 2.05) is 29.8 Å². The standard InChI is InChI=1S/C17H21N5O2/c1-5-18-7-12-6-13(15(23-3)8-19-12)14-10-22-9-11(2)20-16(22)17(21-14)24-4/h6,8-10,18H,5,7H2,1-4H3. The Morgan fingerprint density at radius 2 is 2.00 bits per heavy atom. The van der Waals surface area contributed by atoms with Crippen LogP contribution in [0.5, 0.6) is 11.6 Å². The van der Waals surface area contributed by atoms with Crippen LogP contribution in [0.3, 0.4) is 0 Å². The molecule has 0 saturated carbocycles. The number of hydrogen-bond acceptors (Lipinski definition) is 6. The second kappa shape index (κ2) is 6.84. The molecule has 0 aromatic carbocycles. The summed E-state index contributed by atoms with van der Waals surface area (Å²) in [6.45, 7) is 5.58. The van der Waals surface area contributed by atoms with Gasteiger partial charge in [0, 0.05) is 24.5 Å². The van der Waals surface area contributed by atoms with Crippen molar-refractivity contribution in [3.05, 3.63) is 36.0 Å². The molecule has 0 amide bonds. The van der Waals surface area contributed by atoms with Crippen molar-refractivity contribution in [2.75, 3.05) is 20.8 Å². The number of nitrogens with one attached hydrogen (secondary N) is 1. The summed E-state index contributed by atoms with van der Waals surface area (Å²) in [5, 5.41) is 3.27. The summed E-state index contributed by atoms with van der Waals surface area (Å²) in [4.78, 5) is 13.5. The Labute approximate surface area is 140 Å². The molecule has 0 aliphatic rings. The SMILES string of the molecule is CCNCc1cc(-c2cn3cc(C)nc3c(OC)n2)c(OC)cn1. The first-order valence-corrected chi connectivity index (χ1v) is 7.80. The van der Waals surface area contributed by atoms with Crippen LogP contribution in [0.1, 0.15) is 18.3 Å². The number of hydrogen-bond donors (Lipinski definition) is 1. The van der Waals surface area contributed by atoms with Crippen LogP contribution in [0.2, 0.25) is 0 Å². The van der Waals surface area contributed by atoms with Gasteiger partial charge in [-0.3, -0.25) is 4.98 Å². The van der Waals surface area contributed by atoms with E-state index in [-0.39, 0.29) is 0 Å². The first-order valence-electron chi connectivity index (χ1n) is 7.80. The summed E-state index contributed by atoms with van der Waals surface area (Å²) in [6, 6.07) is 1.99. The number of rotatable bonds is 6. The van der Waals surface area contributed by atoms with E-state index in [4.69, 9.17) is 9.47 Å². The minimum absolute atomic E-state index is 0.479. The number of aryl methyl sites for hydroxylation is 1. The number of nitrogens with zero attached hydrogens (tertiary/aromatic N) is 4. The molecule has 126 valence electrons. The van der Waals surface area contributed by atoms with Crippen molar-refractivity contribution >= 4 is 5.65 Å². The van der Waals surface area contributed by atoms with E-state index in [1.54, 1.807) is 20.4 Å². The molecular weight excluding hydrogens is 306 g/mol. The van der Waals surface area contributed by atoms with Crippen LogP contribution in [0, 0.1) is 6.92 Å². The highest BCUT2D eigenvalue weighted by Gasteiger charge is 2.15. The van der Waals surface area contributed by atoms with Crippen LogP contribution in [-0.2, 0) is 6.54 Å². The number of fused-ring (bicyclic) bond motifs is 1. The highest BCUT2D eigenvalue weighted by Crippen LogP contribution is 2.31. The molecule has 3 aromatic heterocycles. The van der Waals surface area contributed by atoms with Crippen LogP contribution < -0.4 is 14.8 Å². The Morgan fingerprint density at radius 1 is 1.17 bits per heavy atom. The third-order valence-electron chi connectivity index (χ3n) is 3.70. The van der Waals surface area contributed by atoms with Gasteiger partial charge in [-0.25, -0.2) is 9.97 Å². The first kappa shape index (κ1) is 16.2. The minimum atomic E-state index is 0.479. The Morgan fingerprint density at radius 3 is 2.71 bits per heavy atom. The van der Waals surface area contributed by atoms with E-state index in [9.17, 15) is 0 Å². The predicted octanol–water partition coefficient (Wildman–Crippen LogP) is 2.23. The van der Waals surface area contributed by atoms with Crippen LogP contribution in [0.4, 0.5) is 0 Å². The van der Waals surface area contributed by atoms with E-state index >= 15 is 0 Å². The average molecular weight is 327 g/mol. The molecule has 0 aliphatic carbocycles. The summed E-state index contributed by atoms with van der Waals surface area (Å²) < 4.78 is 12.8. The molecule has 3 rings (SSSR count). The molecule has 0 spiro atoms. The number of imidazole rings is 1. The van der Waals surface area contributed by atoms with Crippen molar-refractivity contribution in [1.82, 2.24) is 24.7 Å². The van der Waals surface area contributed by atoms with Gasteiger partial charge >= 0.3 is 0 Å². The van der Waals surface area contributed by atoms with Crippen molar-refractivity contribution in [1.29, 1.82) is 0 Å². The van der Waals surface area contributed by atoms with Crippen LogP contribution in [0.15, 0.2) is 24.7 Å². The maximum Gasteiger partial charge on any atom is 0.258 e. The highest BCUT2D eigenvalue weighted by atomic mass is 16.5. The Kier molecular flexibility index (Phi) is 4.61. The Hall–Kier alpha value is -2.67. The maximum absolute atomic E-state index is 5.46. The molecule has 0 fully saturated rings. The van der Waals surface area contributed by atoms with Crippen molar-refractivity contribution in [2.24, 2.45) is 0 Å². The summed E-state index contributed by atoms with van der Waals surface area (Å²) >= 11 is 0. The lowest BCUT2D eigenvalue weighted by molar-refractivity contribution is 0.399. The van der Waals surface area contributed by atoms with Gasteiger partial charge in [-0.1, -0.05) is 6.92 Å². The summed E-state index contributed by atoms with van der Waals surface area (Å²) in [5.74, 6) is 1.15. The quantitative estimate of drug-likeness (QED) is 0.748. The van der Waals surface area contributed by atoms with Gasteiger partial charge in [-0.2, -0.15) is 0 Å². The molecule has 0 saturated heterocycles. The first-order chi connectivity index (χ1) is 11.7. The van der Waals surface area contributed by atoms with E-state index < -0.39 is 0 Å². The lowest BCUT2D eigenvalue weighted by Crippen LogP contribution is -2.13. The molecular formula is C17H21N5O2. The van der Waals surface area contributed by atoms with Crippen molar-refractivity contribution in [2.45, 2.75) is 20.4 Å². The fourth-order valence-corrected chi connectivity index (χ4v) is 2.56. The smallest absolute Gasteiger partial charge is 0.258 e. The van der Waals surface area contributed by atoms with Crippen molar-refractivity contribution < 1.29 is 9.47 Å². The van der Waals surface area contributed by atoms with Gasteiger partial charge in [0.05, 0.1) is 37.5 Å². The summed E-state index contributed by atoms with van der Waals surface area (Å²) in [7, 11) is 3.22.